The largest absolute Gasteiger partial charge is 0.494 e. The van der Waals surface area contributed by atoms with Gasteiger partial charge in [-0.15, -0.1) is 11.3 Å². The first-order valence-electron chi connectivity index (χ1n) is 5.58. The highest BCUT2D eigenvalue weighted by atomic mass is 79.9. The second kappa shape index (κ2) is 6.16. The molecule has 1 amide bonds. The fraction of sp³-hybridized carbons (Fsp3) is 0.231. The number of ether oxygens (including phenoxy) is 1. The van der Waals surface area contributed by atoms with E-state index < -0.39 is 0 Å². The summed E-state index contributed by atoms with van der Waals surface area (Å²) < 4.78 is 6.19. The maximum absolute atomic E-state index is 12.3. The van der Waals surface area contributed by atoms with Crippen LogP contribution < -0.4 is 4.74 Å². The number of halogens is 1. The van der Waals surface area contributed by atoms with Crippen LogP contribution in [-0.2, 0) is 6.54 Å². The summed E-state index contributed by atoms with van der Waals surface area (Å²) in [6, 6.07) is 3.68. The van der Waals surface area contributed by atoms with Crippen LogP contribution in [-0.4, -0.2) is 29.9 Å². The van der Waals surface area contributed by atoms with Crippen LogP contribution in [0.1, 0.15) is 15.2 Å². The van der Waals surface area contributed by atoms with Gasteiger partial charge in [-0.05, 0) is 28.1 Å². The van der Waals surface area contributed by atoms with Gasteiger partial charge in [0.05, 0.1) is 25.4 Å². The van der Waals surface area contributed by atoms with E-state index in [1.165, 1.54) is 7.11 Å². The van der Waals surface area contributed by atoms with Crippen LogP contribution in [0.2, 0.25) is 0 Å². The molecule has 2 heterocycles. The molecule has 0 fully saturated rings. The van der Waals surface area contributed by atoms with Crippen molar-refractivity contribution in [3.05, 3.63) is 44.8 Å². The molecule has 0 aliphatic carbocycles. The molecular weight excluding hydrogens is 328 g/mol. The van der Waals surface area contributed by atoms with E-state index in [2.05, 4.69) is 20.9 Å². The number of pyridine rings is 1. The highest BCUT2D eigenvalue weighted by Gasteiger charge is 2.17. The number of hydrogen-bond donors (Lipinski definition) is 0. The number of amides is 1. The molecule has 2 aromatic rings. The van der Waals surface area contributed by atoms with Crippen molar-refractivity contribution in [2.24, 2.45) is 0 Å². The number of carbonyl (C=O) groups is 1. The standard InChI is InChI=1S/C13H13BrN2O2S/c1-16(7-10-5-9(14)8-19-10)13(17)11-3-4-15-6-12(11)18-2/h3-6,8H,7H2,1-2H3. The number of thiophene rings is 1. The molecule has 0 radical (unpaired) electrons. The van der Waals surface area contributed by atoms with Crippen molar-refractivity contribution < 1.29 is 9.53 Å². The fourth-order valence-electron chi connectivity index (χ4n) is 1.67. The lowest BCUT2D eigenvalue weighted by atomic mass is 10.2. The van der Waals surface area contributed by atoms with Crippen LogP contribution in [0.3, 0.4) is 0 Å². The highest BCUT2D eigenvalue weighted by Crippen LogP contribution is 2.23. The molecule has 0 unspecified atom stereocenters. The molecular formula is C13H13BrN2O2S. The summed E-state index contributed by atoms with van der Waals surface area (Å²) >= 11 is 5.02. The number of hydrogen-bond acceptors (Lipinski definition) is 4. The Bertz CT molecular complexity index is 586. The van der Waals surface area contributed by atoms with Crippen LogP contribution in [0, 0.1) is 0 Å². The van der Waals surface area contributed by atoms with E-state index in [1.54, 1.807) is 41.7 Å². The van der Waals surface area contributed by atoms with Crippen molar-refractivity contribution in [2.45, 2.75) is 6.54 Å². The summed E-state index contributed by atoms with van der Waals surface area (Å²) in [5.74, 6) is 0.412. The molecule has 0 bridgehead atoms. The second-order valence-corrected chi connectivity index (χ2v) is 5.88. The Labute approximate surface area is 124 Å². The van der Waals surface area contributed by atoms with Gasteiger partial charge in [0, 0.05) is 28.0 Å². The lowest BCUT2D eigenvalue weighted by molar-refractivity contribution is 0.0783. The normalized spacial score (nSPS) is 10.3. The lowest BCUT2D eigenvalue weighted by Gasteiger charge is -2.17. The van der Waals surface area contributed by atoms with Gasteiger partial charge < -0.3 is 9.64 Å². The number of methoxy groups -OCH3 is 1. The summed E-state index contributed by atoms with van der Waals surface area (Å²) in [4.78, 5) is 19.1. The zero-order valence-electron chi connectivity index (χ0n) is 10.6. The summed E-state index contributed by atoms with van der Waals surface area (Å²) in [6.45, 7) is 0.570. The highest BCUT2D eigenvalue weighted by molar-refractivity contribution is 9.10. The minimum absolute atomic E-state index is 0.0798. The van der Waals surface area contributed by atoms with Crippen molar-refractivity contribution in [1.82, 2.24) is 9.88 Å². The lowest BCUT2D eigenvalue weighted by Crippen LogP contribution is -2.26. The molecule has 0 saturated carbocycles. The quantitative estimate of drug-likeness (QED) is 0.858. The van der Waals surface area contributed by atoms with E-state index in [-0.39, 0.29) is 5.91 Å². The fourth-order valence-corrected chi connectivity index (χ4v) is 3.17. The number of nitrogens with zero attached hydrogens (tertiary/aromatic N) is 2. The van der Waals surface area contributed by atoms with E-state index in [1.807, 2.05) is 11.4 Å². The minimum atomic E-state index is -0.0798. The van der Waals surface area contributed by atoms with Gasteiger partial charge in [0.1, 0.15) is 5.75 Å². The molecule has 0 spiro atoms. The maximum Gasteiger partial charge on any atom is 0.257 e. The average Bonchev–Trinajstić information content (AvgIpc) is 2.83. The van der Waals surface area contributed by atoms with Gasteiger partial charge in [-0.1, -0.05) is 0 Å². The topological polar surface area (TPSA) is 42.4 Å². The molecule has 2 aromatic heterocycles. The van der Waals surface area contributed by atoms with Crippen LogP contribution in [0.25, 0.3) is 0 Å². The van der Waals surface area contributed by atoms with Crippen molar-refractivity contribution in [3.8, 4) is 5.75 Å². The van der Waals surface area contributed by atoms with Crippen LogP contribution in [0.15, 0.2) is 34.4 Å². The van der Waals surface area contributed by atoms with Crippen LogP contribution in [0.5, 0.6) is 5.75 Å². The van der Waals surface area contributed by atoms with Gasteiger partial charge in [-0.3, -0.25) is 9.78 Å². The molecule has 19 heavy (non-hydrogen) atoms. The van der Waals surface area contributed by atoms with E-state index in [9.17, 15) is 4.79 Å². The number of aromatic nitrogens is 1. The van der Waals surface area contributed by atoms with Gasteiger partial charge in [-0.2, -0.15) is 0 Å². The third-order valence-corrected chi connectivity index (χ3v) is 4.28. The van der Waals surface area contributed by atoms with Crippen molar-refractivity contribution >= 4 is 33.2 Å². The zero-order chi connectivity index (χ0) is 13.8. The molecule has 100 valence electrons. The Balaban J connectivity index is 2.14. The minimum Gasteiger partial charge on any atom is -0.494 e. The Morgan fingerprint density at radius 3 is 3.00 bits per heavy atom. The Morgan fingerprint density at radius 2 is 2.37 bits per heavy atom. The van der Waals surface area contributed by atoms with Crippen LogP contribution >= 0.6 is 27.3 Å². The van der Waals surface area contributed by atoms with E-state index in [0.717, 1.165) is 9.35 Å². The Morgan fingerprint density at radius 1 is 1.58 bits per heavy atom. The third kappa shape index (κ3) is 3.33. The van der Waals surface area contributed by atoms with E-state index in [4.69, 9.17) is 4.74 Å². The van der Waals surface area contributed by atoms with Gasteiger partial charge in [0.15, 0.2) is 0 Å². The van der Waals surface area contributed by atoms with Crippen molar-refractivity contribution in [2.75, 3.05) is 14.2 Å². The summed E-state index contributed by atoms with van der Waals surface area (Å²) in [7, 11) is 3.31. The molecule has 0 N–H and O–H groups in total. The second-order valence-electron chi connectivity index (χ2n) is 3.97. The third-order valence-electron chi connectivity index (χ3n) is 2.60. The Hall–Kier alpha value is -1.40. The average molecular weight is 341 g/mol. The molecule has 0 aromatic carbocycles. The summed E-state index contributed by atoms with van der Waals surface area (Å²) in [6.07, 6.45) is 3.13. The molecule has 0 aliphatic heterocycles. The number of carbonyl (C=O) groups excluding carboxylic acids is 1. The molecule has 0 aliphatic rings. The van der Waals surface area contributed by atoms with Gasteiger partial charge >= 0.3 is 0 Å². The zero-order valence-corrected chi connectivity index (χ0v) is 13.0. The first kappa shape index (κ1) is 14.0. The van der Waals surface area contributed by atoms with Crippen molar-refractivity contribution in [1.29, 1.82) is 0 Å². The molecule has 2 rings (SSSR count). The predicted molar refractivity (Wildman–Crippen MR) is 78.6 cm³/mol. The van der Waals surface area contributed by atoms with Gasteiger partial charge in [0.2, 0.25) is 0 Å². The van der Waals surface area contributed by atoms with E-state index >= 15 is 0 Å². The molecule has 6 heteroatoms. The molecule has 0 atom stereocenters. The Kier molecular flexibility index (Phi) is 4.55. The van der Waals surface area contributed by atoms with Gasteiger partial charge in [-0.25, -0.2) is 0 Å². The molecule has 0 saturated heterocycles. The first-order chi connectivity index (χ1) is 9.11. The van der Waals surface area contributed by atoms with Gasteiger partial charge in [0.25, 0.3) is 5.91 Å². The molecule has 4 nitrogen and oxygen atoms in total. The SMILES string of the molecule is COc1cnccc1C(=O)N(C)Cc1cc(Br)cs1. The van der Waals surface area contributed by atoms with E-state index in [0.29, 0.717) is 17.9 Å². The summed E-state index contributed by atoms with van der Waals surface area (Å²) in [5, 5.41) is 2.00. The smallest absolute Gasteiger partial charge is 0.257 e. The summed E-state index contributed by atoms with van der Waals surface area (Å²) in [5.41, 5.74) is 0.524. The van der Waals surface area contributed by atoms with Crippen LogP contribution in [0.4, 0.5) is 0 Å². The monoisotopic (exact) mass is 340 g/mol. The first-order valence-corrected chi connectivity index (χ1v) is 7.25. The number of rotatable bonds is 4. The maximum atomic E-state index is 12.3. The predicted octanol–water partition coefficient (Wildman–Crippen LogP) is 3.19. The van der Waals surface area contributed by atoms with Crippen molar-refractivity contribution in [3.63, 3.8) is 0 Å².